The SMILES string of the molecule is O=C(O)N1CC2CC(C1)C(O)(c1cncc(-c3ccccc3)c1)C2. The second kappa shape index (κ2) is 5.60. The Morgan fingerprint density at radius 3 is 2.71 bits per heavy atom. The highest BCUT2D eigenvalue weighted by molar-refractivity contribution is 5.65. The predicted octanol–water partition coefficient (Wildman–Crippen LogP) is 2.96. The lowest BCUT2D eigenvalue weighted by atomic mass is 9.83. The molecular formula is C19H20N2O3. The predicted molar refractivity (Wildman–Crippen MR) is 89.4 cm³/mol. The number of nitrogens with zero attached hydrogens (tertiary/aromatic N) is 2. The number of hydrogen-bond acceptors (Lipinski definition) is 3. The average Bonchev–Trinajstić information content (AvgIpc) is 2.85. The molecule has 0 radical (unpaired) electrons. The van der Waals surface area contributed by atoms with Crippen molar-refractivity contribution in [3.63, 3.8) is 0 Å². The van der Waals surface area contributed by atoms with Gasteiger partial charge in [-0.15, -0.1) is 0 Å². The normalized spacial score (nSPS) is 28.8. The van der Waals surface area contributed by atoms with Crippen molar-refractivity contribution in [3.8, 4) is 11.1 Å². The zero-order chi connectivity index (χ0) is 16.7. The van der Waals surface area contributed by atoms with Crippen molar-refractivity contribution in [2.75, 3.05) is 13.1 Å². The molecule has 1 aromatic heterocycles. The van der Waals surface area contributed by atoms with Crippen LogP contribution in [0.2, 0.25) is 0 Å². The largest absolute Gasteiger partial charge is 0.465 e. The van der Waals surface area contributed by atoms with Gasteiger partial charge in [0.05, 0.1) is 5.60 Å². The van der Waals surface area contributed by atoms with Gasteiger partial charge in [-0.25, -0.2) is 4.79 Å². The Bertz CT molecular complexity index is 764. The second-order valence-corrected chi connectivity index (χ2v) is 6.94. The fourth-order valence-corrected chi connectivity index (χ4v) is 4.28. The van der Waals surface area contributed by atoms with Crippen LogP contribution in [-0.2, 0) is 5.60 Å². The van der Waals surface area contributed by atoms with E-state index in [0.29, 0.717) is 19.5 Å². The quantitative estimate of drug-likeness (QED) is 0.891. The molecule has 5 nitrogen and oxygen atoms in total. The topological polar surface area (TPSA) is 73.7 Å². The zero-order valence-electron chi connectivity index (χ0n) is 13.3. The van der Waals surface area contributed by atoms with E-state index in [4.69, 9.17) is 0 Å². The number of piperidine rings is 1. The number of amides is 1. The minimum atomic E-state index is -0.993. The van der Waals surface area contributed by atoms with Gasteiger partial charge in [-0.2, -0.15) is 0 Å². The molecule has 1 saturated heterocycles. The molecule has 1 saturated carbocycles. The van der Waals surface area contributed by atoms with Gasteiger partial charge in [0.15, 0.2) is 0 Å². The highest BCUT2D eigenvalue weighted by Gasteiger charge is 2.51. The van der Waals surface area contributed by atoms with E-state index in [1.807, 2.05) is 36.4 Å². The summed E-state index contributed by atoms with van der Waals surface area (Å²) in [5.74, 6) is 0.144. The number of carbonyl (C=O) groups is 1. The van der Waals surface area contributed by atoms with Gasteiger partial charge in [-0.1, -0.05) is 30.3 Å². The Hall–Kier alpha value is -2.40. The van der Waals surface area contributed by atoms with Crippen molar-refractivity contribution < 1.29 is 15.0 Å². The molecule has 2 N–H and O–H groups in total. The van der Waals surface area contributed by atoms with E-state index in [1.165, 1.54) is 4.90 Å². The molecule has 1 aromatic carbocycles. The third-order valence-corrected chi connectivity index (χ3v) is 5.43. The summed E-state index contributed by atoms with van der Waals surface area (Å²) in [6.45, 7) is 0.901. The maximum absolute atomic E-state index is 11.3. The van der Waals surface area contributed by atoms with E-state index in [2.05, 4.69) is 4.98 Å². The highest BCUT2D eigenvalue weighted by Crippen LogP contribution is 2.50. The van der Waals surface area contributed by atoms with Gasteiger partial charge < -0.3 is 15.1 Å². The number of aliphatic hydroxyl groups is 1. The fourth-order valence-electron chi connectivity index (χ4n) is 4.28. The van der Waals surface area contributed by atoms with Crippen LogP contribution in [0.15, 0.2) is 48.8 Å². The van der Waals surface area contributed by atoms with Gasteiger partial charge in [-0.3, -0.25) is 4.98 Å². The molecule has 2 aromatic rings. The first-order valence-corrected chi connectivity index (χ1v) is 8.27. The molecule has 2 heterocycles. The molecule has 2 aliphatic rings. The van der Waals surface area contributed by atoms with Crippen LogP contribution in [0.4, 0.5) is 4.79 Å². The smallest absolute Gasteiger partial charge is 0.407 e. The van der Waals surface area contributed by atoms with Crippen molar-refractivity contribution >= 4 is 6.09 Å². The van der Waals surface area contributed by atoms with Gasteiger partial charge in [0.2, 0.25) is 0 Å². The van der Waals surface area contributed by atoms with Gasteiger partial charge in [0, 0.05) is 42.5 Å². The third kappa shape index (κ3) is 2.45. The van der Waals surface area contributed by atoms with E-state index in [9.17, 15) is 15.0 Å². The molecule has 2 bridgehead atoms. The molecule has 2 fully saturated rings. The Morgan fingerprint density at radius 1 is 1.17 bits per heavy atom. The standard InChI is InChI=1S/C19H20N2O3/c22-18(23)21-11-13-6-17(12-21)19(24,8-13)16-7-15(9-20-10-16)14-4-2-1-3-5-14/h1-5,7,9-10,13,17,24H,6,8,11-12H2,(H,22,23). The molecule has 0 spiro atoms. The van der Waals surface area contributed by atoms with E-state index in [0.717, 1.165) is 23.1 Å². The lowest BCUT2D eigenvalue weighted by Crippen LogP contribution is -2.43. The van der Waals surface area contributed by atoms with Crippen molar-refractivity contribution in [3.05, 3.63) is 54.4 Å². The third-order valence-electron chi connectivity index (χ3n) is 5.43. The fraction of sp³-hybridized carbons (Fsp3) is 0.368. The Kier molecular flexibility index (Phi) is 3.53. The molecule has 1 aliphatic heterocycles. The summed E-state index contributed by atoms with van der Waals surface area (Å²) >= 11 is 0. The van der Waals surface area contributed by atoms with Crippen LogP contribution in [0.5, 0.6) is 0 Å². The number of fused-ring (bicyclic) bond motifs is 2. The Morgan fingerprint density at radius 2 is 1.96 bits per heavy atom. The summed E-state index contributed by atoms with van der Waals surface area (Å²) in [5, 5.41) is 20.6. The number of pyridine rings is 1. The summed E-state index contributed by atoms with van der Waals surface area (Å²) in [6.07, 6.45) is 4.09. The van der Waals surface area contributed by atoms with Gasteiger partial charge in [0.1, 0.15) is 0 Å². The zero-order valence-corrected chi connectivity index (χ0v) is 13.3. The van der Waals surface area contributed by atoms with Crippen molar-refractivity contribution in [1.29, 1.82) is 0 Å². The summed E-state index contributed by atoms with van der Waals surface area (Å²) in [5.41, 5.74) is 1.83. The molecule has 1 aliphatic carbocycles. The highest BCUT2D eigenvalue weighted by atomic mass is 16.4. The first-order chi connectivity index (χ1) is 11.6. The molecular weight excluding hydrogens is 304 g/mol. The van der Waals surface area contributed by atoms with E-state index in [-0.39, 0.29) is 11.8 Å². The van der Waals surface area contributed by atoms with Gasteiger partial charge in [-0.05, 0) is 30.4 Å². The number of hydrogen-bond donors (Lipinski definition) is 2. The summed E-state index contributed by atoms with van der Waals surface area (Å²) < 4.78 is 0. The number of likely N-dealkylation sites (tertiary alicyclic amines) is 1. The molecule has 1 amide bonds. The van der Waals surface area contributed by atoms with Gasteiger partial charge >= 0.3 is 6.09 Å². The minimum absolute atomic E-state index is 0.0693. The van der Waals surface area contributed by atoms with Crippen LogP contribution in [0, 0.1) is 11.8 Å². The molecule has 3 unspecified atom stereocenters. The van der Waals surface area contributed by atoms with E-state index < -0.39 is 11.7 Å². The number of rotatable bonds is 2. The number of aromatic nitrogens is 1. The van der Waals surface area contributed by atoms with Gasteiger partial charge in [0.25, 0.3) is 0 Å². The molecule has 124 valence electrons. The van der Waals surface area contributed by atoms with Crippen LogP contribution in [-0.4, -0.2) is 39.3 Å². The molecule has 3 atom stereocenters. The Labute approximate surface area is 140 Å². The maximum Gasteiger partial charge on any atom is 0.407 e. The van der Waals surface area contributed by atoms with Crippen LogP contribution >= 0.6 is 0 Å². The number of carboxylic acid groups (broad SMARTS) is 1. The van der Waals surface area contributed by atoms with E-state index in [1.54, 1.807) is 12.4 Å². The average molecular weight is 324 g/mol. The maximum atomic E-state index is 11.3. The summed E-state index contributed by atoms with van der Waals surface area (Å²) in [6, 6.07) is 11.9. The first-order valence-electron chi connectivity index (χ1n) is 8.27. The Balaban J connectivity index is 1.68. The van der Waals surface area contributed by atoms with Crippen molar-refractivity contribution in [2.45, 2.75) is 18.4 Å². The van der Waals surface area contributed by atoms with Crippen LogP contribution in [0.1, 0.15) is 18.4 Å². The van der Waals surface area contributed by atoms with Crippen LogP contribution in [0.25, 0.3) is 11.1 Å². The van der Waals surface area contributed by atoms with E-state index >= 15 is 0 Å². The summed E-state index contributed by atoms with van der Waals surface area (Å²) in [4.78, 5) is 17.1. The van der Waals surface area contributed by atoms with Crippen LogP contribution in [0.3, 0.4) is 0 Å². The van der Waals surface area contributed by atoms with Crippen molar-refractivity contribution in [1.82, 2.24) is 9.88 Å². The second-order valence-electron chi connectivity index (χ2n) is 6.94. The molecule has 24 heavy (non-hydrogen) atoms. The number of benzene rings is 1. The molecule has 4 rings (SSSR count). The summed E-state index contributed by atoms with van der Waals surface area (Å²) in [7, 11) is 0. The first kappa shape index (κ1) is 15.1. The lowest BCUT2D eigenvalue weighted by molar-refractivity contribution is -0.00871. The van der Waals surface area contributed by atoms with Crippen LogP contribution < -0.4 is 0 Å². The lowest BCUT2D eigenvalue weighted by Gasteiger charge is -2.34. The molecule has 5 heteroatoms. The monoisotopic (exact) mass is 324 g/mol. The van der Waals surface area contributed by atoms with Crippen molar-refractivity contribution in [2.24, 2.45) is 11.8 Å². The minimum Gasteiger partial charge on any atom is -0.465 e.